The molecule has 0 aliphatic carbocycles. The van der Waals surface area contributed by atoms with E-state index in [0.29, 0.717) is 6.42 Å². The molecule has 0 amide bonds. The van der Waals surface area contributed by atoms with Gasteiger partial charge in [-0.15, -0.1) is 0 Å². The third-order valence-corrected chi connectivity index (χ3v) is 15.7. The predicted octanol–water partition coefficient (Wildman–Crippen LogP) is 22.2. The molecule has 470 valence electrons. The SMILES string of the molecule is CC/C=C\C/C=C\C/C=C\C/C=C\CCCCCCCCCCCCCCCCCCCCCCC(=O)OC(COC(=O)CCCCCCCCCCCCCC/C=C\C/C=C\C/C=C\CCCCCCC)COP(=O)(O)OCCN. The number of hydrogen-bond donors (Lipinski definition) is 2. The number of carbonyl (C=O) groups is 2. The Labute approximate surface area is 500 Å². The molecule has 0 spiro atoms. The van der Waals surface area contributed by atoms with Crippen LogP contribution >= 0.6 is 7.82 Å². The molecule has 0 aliphatic heterocycles. The summed E-state index contributed by atoms with van der Waals surface area (Å²) in [6, 6.07) is 0. The van der Waals surface area contributed by atoms with Crippen molar-refractivity contribution in [3.8, 4) is 0 Å². The van der Waals surface area contributed by atoms with E-state index in [1.807, 2.05) is 0 Å². The van der Waals surface area contributed by atoms with Crippen LogP contribution in [-0.4, -0.2) is 49.3 Å². The van der Waals surface area contributed by atoms with Crippen molar-refractivity contribution in [3.63, 3.8) is 0 Å². The van der Waals surface area contributed by atoms with Gasteiger partial charge in [0, 0.05) is 19.4 Å². The van der Waals surface area contributed by atoms with Gasteiger partial charge < -0.3 is 20.1 Å². The molecule has 0 saturated carbocycles. The van der Waals surface area contributed by atoms with Crippen molar-refractivity contribution in [3.05, 3.63) is 85.1 Å². The first-order chi connectivity index (χ1) is 39.8. The van der Waals surface area contributed by atoms with Crippen LogP contribution in [0.5, 0.6) is 0 Å². The molecule has 0 bridgehead atoms. The van der Waals surface area contributed by atoms with Gasteiger partial charge in [0.15, 0.2) is 6.10 Å². The van der Waals surface area contributed by atoms with E-state index in [4.69, 9.17) is 24.3 Å². The molecular weight excluding hydrogens is 1030 g/mol. The highest BCUT2D eigenvalue weighted by molar-refractivity contribution is 7.47. The summed E-state index contributed by atoms with van der Waals surface area (Å²) in [5.74, 6) is -0.818. The van der Waals surface area contributed by atoms with Crippen molar-refractivity contribution in [2.24, 2.45) is 5.73 Å². The van der Waals surface area contributed by atoms with E-state index in [2.05, 4.69) is 98.9 Å². The number of esters is 2. The Kier molecular flexibility index (Phi) is 64.0. The van der Waals surface area contributed by atoms with Gasteiger partial charge in [-0.1, -0.05) is 304 Å². The molecule has 0 radical (unpaired) electrons. The van der Waals surface area contributed by atoms with Crippen LogP contribution in [0.3, 0.4) is 0 Å². The number of unbranched alkanes of at least 4 members (excludes halogenated alkanes) is 37. The minimum atomic E-state index is -4.39. The van der Waals surface area contributed by atoms with Gasteiger partial charge in [0.05, 0.1) is 13.2 Å². The predicted molar refractivity (Wildman–Crippen MR) is 349 cm³/mol. The summed E-state index contributed by atoms with van der Waals surface area (Å²) in [4.78, 5) is 35.3. The molecule has 0 saturated heterocycles. The monoisotopic (exact) mass is 1150 g/mol. The second-order valence-corrected chi connectivity index (χ2v) is 24.1. The summed E-state index contributed by atoms with van der Waals surface area (Å²) in [6.45, 7) is 3.66. The number of allylic oxidation sites excluding steroid dienone is 14. The average molecular weight is 1150 g/mol. The van der Waals surface area contributed by atoms with Crippen LogP contribution in [0.25, 0.3) is 0 Å². The Balaban J connectivity index is 3.87. The number of hydrogen-bond acceptors (Lipinski definition) is 8. The maximum Gasteiger partial charge on any atom is 0.472 e. The molecule has 0 aromatic rings. The minimum Gasteiger partial charge on any atom is -0.462 e. The second-order valence-electron chi connectivity index (χ2n) is 22.7. The van der Waals surface area contributed by atoms with E-state index in [-0.39, 0.29) is 38.6 Å². The summed E-state index contributed by atoms with van der Waals surface area (Å²) in [6.07, 6.45) is 88.1. The Morgan fingerprint density at radius 3 is 1.01 bits per heavy atom. The lowest BCUT2D eigenvalue weighted by atomic mass is 10.0. The number of rotatable bonds is 64. The van der Waals surface area contributed by atoms with Gasteiger partial charge in [-0.25, -0.2) is 4.57 Å². The van der Waals surface area contributed by atoms with E-state index in [9.17, 15) is 19.0 Å². The zero-order chi connectivity index (χ0) is 58.7. The molecule has 2 unspecified atom stereocenters. The molecule has 0 aromatic carbocycles. The first-order valence-electron chi connectivity index (χ1n) is 34.1. The van der Waals surface area contributed by atoms with Crippen LogP contribution in [0, 0.1) is 0 Å². The summed E-state index contributed by atoms with van der Waals surface area (Å²) < 4.78 is 33.2. The largest absolute Gasteiger partial charge is 0.472 e. The fourth-order valence-electron chi connectivity index (χ4n) is 9.76. The molecule has 3 N–H and O–H groups in total. The quantitative estimate of drug-likeness (QED) is 0.0264. The Morgan fingerprint density at radius 2 is 0.679 bits per heavy atom. The van der Waals surface area contributed by atoms with Crippen molar-refractivity contribution in [2.45, 2.75) is 328 Å². The van der Waals surface area contributed by atoms with Crippen LogP contribution in [-0.2, 0) is 32.7 Å². The maximum absolute atomic E-state index is 12.8. The molecule has 0 rings (SSSR count). The van der Waals surface area contributed by atoms with Gasteiger partial charge in [-0.05, 0) is 89.9 Å². The Morgan fingerprint density at radius 1 is 0.383 bits per heavy atom. The lowest BCUT2D eigenvalue weighted by molar-refractivity contribution is -0.161. The van der Waals surface area contributed by atoms with Crippen LogP contribution in [0.1, 0.15) is 322 Å². The molecule has 2 atom stereocenters. The second kappa shape index (κ2) is 66.3. The van der Waals surface area contributed by atoms with Crippen LogP contribution < -0.4 is 5.73 Å². The van der Waals surface area contributed by atoms with E-state index in [0.717, 1.165) is 77.0 Å². The first kappa shape index (κ1) is 78.2. The molecular formula is C71H128NO8P. The summed E-state index contributed by atoms with van der Waals surface area (Å²) >= 11 is 0. The van der Waals surface area contributed by atoms with Gasteiger partial charge in [-0.3, -0.25) is 18.6 Å². The normalized spacial score (nSPS) is 13.5. The maximum atomic E-state index is 12.8. The van der Waals surface area contributed by atoms with Crippen molar-refractivity contribution in [1.82, 2.24) is 0 Å². The highest BCUT2D eigenvalue weighted by Crippen LogP contribution is 2.43. The van der Waals surface area contributed by atoms with Gasteiger partial charge in [0.1, 0.15) is 6.61 Å². The molecule has 81 heavy (non-hydrogen) atoms. The Hall–Kier alpha value is -2.81. The summed E-state index contributed by atoms with van der Waals surface area (Å²) in [5.41, 5.74) is 5.40. The number of ether oxygens (including phenoxy) is 2. The van der Waals surface area contributed by atoms with Crippen LogP contribution in [0.4, 0.5) is 0 Å². The smallest absolute Gasteiger partial charge is 0.462 e. The standard InChI is InChI=1S/C71H128NO8P/c1-3-5-7-9-11-13-15-17-19-21-23-25-27-29-31-32-33-34-35-36-38-40-42-44-46-48-50-52-54-56-58-60-62-64-71(74)80-69(68-79-81(75,76)78-66-65-72)67-77-70(73)63-61-59-57-55-53-51-49-47-45-43-41-39-37-30-28-26-24-22-20-18-16-14-12-10-8-6-4-2/h5,7,11,13,16-19,22-25,28,30,69H,3-4,6,8-10,12,14-15,20-21,26-27,29,31-68,72H2,1-2H3,(H,75,76)/b7-5-,13-11-,18-16-,19-17-,24-22-,25-23-,30-28-. The number of carbonyl (C=O) groups excluding carboxylic acids is 2. The van der Waals surface area contributed by atoms with Gasteiger partial charge >= 0.3 is 19.8 Å². The fraction of sp³-hybridized carbons (Fsp3) is 0.775. The first-order valence-corrected chi connectivity index (χ1v) is 35.6. The van der Waals surface area contributed by atoms with Crippen molar-refractivity contribution >= 4 is 19.8 Å². The van der Waals surface area contributed by atoms with E-state index >= 15 is 0 Å². The van der Waals surface area contributed by atoms with Crippen LogP contribution in [0.15, 0.2) is 85.1 Å². The minimum absolute atomic E-state index is 0.0521. The lowest BCUT2D eigenvalue weighted by Gasteiger charge is -2.19. The van der Waals surface area contributed by atoms with Crippen molar-refractivity contribution in [2.75, 3.05) is 26.4 Å². The average Bonchev–Trinajstić information content (AvgIpc) is 3.46. The fourth-order valence-corrected chi connectivity index (χ4v) is 10.5. The third kappa shape index (κ3) is 66.2. The van der Waals surface area contributed by atoms with Crippen LogP contribution in [0.2, 0.25) is 0 Å². The molecule has 0 heterocycles. The van der Waals surface area contributed by atoms with E-state index < -0.39 is 26.5 Å². The number of nitrogens with two attached hydrogens (primary N) is 1. The molecule has 0 fully saturated rings. The molecule has 0 aromatic heterocycles. The van der Waals surface area contributed by atoms with E-state index in [1.54, 1.807) is 0 Å². The lowest BCUT2D eigenvalue weighted by Crippen LogP contribution is -2.29. The zero-order valence-corrected chi connectivity index (χ0v) is 53.7. The van der Waals surface area contributed by atoms with E-state index in [1.165, 1.54) is 212 Å². The third-order valence-electron chi connectivity index (χ3n) is 14.8. The number of phosphoric acid groups is 1. The molecule has 9 nitrogen and oxygen atoms in total. The Bertz CT molecular complexity index is 1600. The molecule has 0 aliphatic rings. The van der Waals surface area contributed by atoms with Gasteiger partial charge in [0.25, 0.3) is 0 Å². The number of phosphoric ester groups is 1. The molecule has 10 heteroatoms. The van der Waals surface area contributed by atoms with Crippen molar-refractivity contribution < 1.29 is 37.6 Å². The van der Waals surface area contributed by atoms with Gasteiger partial charge in [0.2, 0.25) is 0 Å². The van der Waals surface area contributed by atoms with Gasteiger partial charge in [-0.2, -0.15) is 0 Å². The zero-order valence-electron chi connectivity index (χ0n) is 52.8. The summed E-state index contributed by atoms with van der Waals surface area (Å²) in [7, 11) is -4.39. The highest BCUT2D eigenvalue weighted by atomic mass is 31.2. The topological polar surface area (TPSA) is 134 Å². The summed E-state index contributed by atoms with van der Waals surface area (Å²) in [5, 5.41) is 0. The highest BCUT2D eigenvalue weighted by Gasteiger charge is 2.26. The van der Waals surface area contributed by atoms with Crippen molar-refractivity contribution in [1.29, 1.82) is 0 Å².